The van der Waals surface area contributed by atoms with Gasteiger partial charge >= 0.3 is 0 Å². The van der Waals surface area contributed by atoms with Crippen LogP contribution in [0.4, 0.5) is 5.13 Å². The van der Waals surface area contributed by atoms with Crippen LogP contribution in [-0.2, 0) is 6.54 Å². The maximum Gasteiger partial charge on any atom is 0.185 e. The number of anilines is 1. The summed E-state index contributed by atoms with van der Waals surface area (Å²) in [6, 6.07) is 2.56. The van der Waals surface area contributed by atoms with Gasteiger partial charge < -0.3 is 10.2 Å². The van der Waals surface area contributed by atoms with Crippen LogP contribution in [0, 0.1) is 11.3 Å². The molecule has 4 nitrogen and oxygen atoms in total. The van der Waals surface area contributed by atoms with Gasteiger partial charge in [0.2, 0.25) is 0 Å². The van der Waals surface area contributed by atoms with Gasteiger partial charge in [0.15, 0.2) is 5.13 Å². The van der Waals surface area contributed by atoms with Gasteiger partial charge in [0.1, 0.15) is 0 Å². The number of nitrogens with zero attached hydrogens (tertiary/aromatic N) is 3. The molecule has 1 N–H and O–H groups in total. The number of nitriles is 1. The minimum atomic E-state index is 0.376. The van der Waals surface area contributed by atoms with Crippen molar-refractivity contribution in [3.63, 3.8) is 0 Å². The summed E-state index contributed by atoms with van der Waals surface area (Å²) in [5.41, 5.74) is 1.08. The number of nitrogens with one attached hydrogen (secondary N) is 1. The normalized spacial score (nSPS) is 10.5. The second-order valence-corrected chi connectivity index (χ2v) is 4.93. The monoisotopic (exact) mass is 252 g/mol. The summed E-state index contributed by atoms with van der Waals surface area (Å²) in [5, 5.41) is 15.0. The average molecular weight is 252 g/mol. The molecule has 1 heterocycles. The summed E-state index contributed by atoms with van der Waals surface area (Å²) < 4.78 is 0. The van der Waals surface area contributed by atoms with Gasteiger partial charge in [0.25, 0.3) is 0 Å². The smallest absolute Gasteiger partial charge is 0.185 e. The van der Waals surface area contributed by atoms with E-state index in [1.54, 1.807) is 11.3 Å². The van der Waals surface area contributed by atoms with E-state index in [4.69, 9.17) is 5.26 Å². The third kappa shape index (κ3) is 4.33. The molecular weight excluding hydrogens is 232 g/mol. The van der Waals surface area contributed by atoms with Crippen LogP contribution in [0.3, 0.4) is 0 Å². The maximum atomic E-state index is 8.66. The van der Waals surface area contributed by atoms with Gasteiger partial charge in [-0.1, -0.05) is 6.92 Å². The molecule has 0 spiro atoms. The molecule has 94 valence electrons. The fourth-order valence-electron chi connectivity index (χ4n) is 1.51. The number of hydrogen-bond donors (Lipinski definition) is 1. The molecule has 1 aromatic rings. The van der Waals surface area contributed by atoms with Crippen LogP contribution in [0.1, 0.15) is 32.9 Å². The van der Waals surface area contributed by atoms with E-state index < -0.39 is 0 Å². The minimum absolute atomic E-state index is 0.376. The van der Waals surface area contributed by atoms with Crippen LogP contribution in [0.2, 0.25) is 0 Å². The first-order valence-corrected chi connectivity index (χ1v) is 6.85. The molecule has 0 radical (unpaired) electrons. The van der Waals surface area contributed by atoms with E-state index in [1.165, 1.54) is 0 Å². The van der Waals surface area contributed by atoms with Gasteiger partial charge in [-0.05, 0) is 20.4 Å². The van der Waals surface area contributed by atoms with Gasteiger partial charge in [-0.3, -0.25) is 0 Å². The summed E-state index contributed by atoms with van der Waals surface area (Å²) in [5.74, 6) is 0. The van der Waals surface area contributed by atoms with Crippen LogP contribution in [-0.4, -0.2) is 24.1 Å². The van der Waals surface area contributed by atoms with Crippen LogP contribution in [0.5, 0.6) is 0 Å². The molecule has 0 amide bonds. The minimum Gasteiger partial charge on any atom is -0.345 e. The molecule has 0 fully saturated rings. The second-order valence-electron chi connectivity index (χ2n) is 4.10. The molecule has 0 saturated carbocycles. The van der Waals surface area contributed by atoms with Crippen LogP contribution < -0.4 is 10.2 Å². The van der Waals surface area contributed by atoms with Crippen LogP contribution in [0.25, 0.3) is 0 Å². The number of thiazole rings is 1. The highest BCUT2D eigenvalue weighted by Gasteiger charge is 2.13. The third-order valence-electron chi connectivity index (χ3n) is 2.43. The van der Waals surface area contributed by atoms with E-state index in [9.17, 15) is 0 Å². The van der Waals surface area contributed by atoms with Crippen molar-refractivity contribution in [2.45, 2.75) is 39.8 Å². The predicted octanol–water partition coefficient (Wildman–Crippen LogP) is 2.38. The van der Waals surface area contributed by atoms with Gasteiger partial charge in [-0.2, -0.15) is 5.26 Å². The molecule has 0 bridgehead atoms. The fraction of sp³-hybridized carbons (Fsp3) is 0.667. The molecule has 0 saturated heterocycles. The Morgan fingerprint density at radius 3 is 2.94 bits per heavy atom. The highest BCUT2D eigenvalue weighted by molar-refractivity contribution is 7.13. The average Bonchev–Trinajstić information content (AvgIpc) is 2.75. The zero-order valence-corrected chi connectivity index (χ0v) is 11.5. The Morgan fingerprint density at radius 1 is 1.59 bits per heavy atom. The van der Waals surface area contributed by atoms with E-state index in [2.05, 4.69) is 47.4 Å². The first-order chi connectivity index (χ1) is 8.19. The molecule has 0 aliphatic carbocycles. The molecule has 1 aromatic heterocycles. The van der Waals surface area contributed by atoms with Crippen molar-refractivity contribution < 1.29 is 0 Å². The van der Waals surface area contributed by atoms with E-state index in [1.807, 2.05) is 0 Å². The van der Waals surface area contributed by atoms with Crippen molar-refractivity contribution in [3.8, 4) is 6.07 Å². The largest absolute Gasteiger partial charge is 0.345 e. The van der Waals surface area contributed by atoms with Gasteiger partial charge in [0, 0.05) is 24.5 Å². The lowest BCUT2D eigenvalue weighted by molar-refractivity contribution is 0.676. The lowest BCUT2D eigenvalue weighted by Gasteiger charge is -2.24. The summed E-state index contributed by atoms with van der Waals surface area (Å²) in [6.45, 7) is 8.86. The first-order valence-electron chi connectivity index (χ1n) is 5.97. The summed E-state index contributed by atoms with van der Waals surface area (Å²) in [7, 11) is 0. The Bertz CT molecular complexity index is 367. The Hall–Kier alpha value is -1.12. The highest BCUT2D eigenvalue weighted by atomic mass is 32.1. The summed E-state index contributed by atoms with van der Waals surface area (Å²) >= 11 is 1.65. The van der Waals surface area contributed by atoms with Crippen molar-refractivity contribution in [1.82, 2.24) is 10.3 Å². The SMILES string of the molecule is CCNCc1csc(N(CCC#N)C(C)C)n1. The summed E-state index contributed by atoms with van der Waals surface area (Å²) in [6.07, 6.45) is 0.542. The Balaban J connectivity index is 2.67. The number of hydrogen-bond acceptors (Lipinski definition) is 5. The first kappa shape index (κ1) is 13.9. The van der Waals surface area contributed by atoms with Crippen molar-refractivity contribution in [2.75, 3.05) is 18.0 Å². The topological polar surface area (TPSA) is 52.0 Å². The van der Waals surface area contributed by atoms with Gasteiger partial charge in [0.05, 0.1) is 18.2 Å². The third-order valence-corrected chi connectivity index (χ3v) is 3.36. The fourth-order valence-corrected chi connectivity index (χ4v) is 2.49. The summed E-state index contributed by atoms with van der Waals surface area (Å²) in [4.78, 5) is 6.78. The molecule has 0 atom stereocenters. The Kier molecular flexibility index (Phi) is 5.95. The standard InChI is InChI=1S/C12H20N4S/c1-4-14-8-11-9-17-12(15-11)16(10(2)3)7-5-6-13/h9-10,14H,4-5,7-8H2,1-3H3. The highest BCUT2D eigenvalue weighted by Crippen LogP contribution is 2.22. The Labute approximate surface area is 107 Å². The van der Waals surface area contributed by atoms with Crippen molar-refractivity contribution >= 4 is 16.5 Å². The quantitative estimate of drug-likeness (QED) is 0.809. The van der Waals surface area contributed by atoms with E-state index >= 15 is 0 Å². The van der Waals surface area contributed by atoms with Gasteiger partial charge in [-0.15, -0.1) is 11.3 Å². The van der Waals surface area contributed by atoms with Crippen LogP contribution in [0.15, 0.2) is 5.38 Å². The predicted molar refractivity (Wildman–Crippen MR) is 72.2 cm³/mol. The van der Waals surface area contributed by atoms with Crippen molar-refractivity contribution in [2.24, 2.45) is 0 Å². The van der Waals surface area contributed by atoms with E-state index in [-0.39, 0.29) is 0 Å². The van der Waals surface area contributed by atoms with Crippen LogP contribution >= 0.6 is 11.3 Å². The van der Waals surface area contributed by atoms with E-state index in [0.29, 0.717) is 12.5 Å². The molecule has 0 aliphatic rings. The van der Waals surface area contributed by atoms with E-state index in [0.717, 1.165) is 30.5 Å². The number of aromatic nitrogens is 1. The Morgan fingerprint density at radius 2 is 2.35 bits per heavy atom. The molecule has 17 heavy (non-hydrogen) atoms. The molecule has 1 rings (SSSR count). The molecule has 0 aliphatic heterocycles. The van der Waals surface area contributed by atoms with Crippen molar-refractivity contribution in [1.29, 1.82) is 5.26 Å². The zero-order chi connectivity index (χ0) is 12.7. The maximum absolute atomic E-state index is 8.66. The molecule has 0 aromatic carbocycles. The number of rotatable bonds is 7. The lowest BCUT2D eigenvalue weighted by atomic mass is 10.3. The molecule has 0 unspecified atom stereocenters. The van der Waals surface area contributed by atoms with Gasteiger partial charge in [-0.25, -0.2) is 4.98 Å². The zero-order valence-electron chi connectivity index (χ0n) is 10.7. The molecular formula is C12H20N4S. The molecule has 5 heteroatoms. The second kappa shape index (κ2) is 7.25. The van der Waals surface area contributed by atoms with Crippen molar-refractivity contribution in [3.05, 3.63) is 11.1 Å². The lowest BCUT2D eigenvalue weighted by Crippen LogP contribution is -2.31.